The van der Waals surface area contributed by atoms with E-state index in [4.69, 9.17) is 0 Å². The van der Waals surface area contributed by atoms with E-state index in [0.717, 1.165) is 15.6 Å². The first-order valence-electron chi connectivity index (χ1n) is 8.35. The van der Waals surface area contributed by atoms with E-state index in [9.17, 15) is 4.79 Å². The summed E-state index contributed by atoms with van der Waals surface area (Å²) in [4.78, 5) is 18.9. The van der Waals surface area contributed by atoms with Gasteiger partial charge in [-0.1, -0.05) is 19.3 Å². The molecule has 1 aromatic heterocycles. The number of amidine groups is 1. The van der Waals surface area contributed by atoms with Crippen LogP contribution in [0, 0.1) is 13.8 Å². The number of aromatic nitrogens is 1. The third-order valence-corrected chi connectivity index (χ3v) is 6.10. The van der Waals surface area contributed by atoms with Crippen LogP contribution in [0.3, 0.4) is 0 Å². The number of carbonyl (C=O) groups excluding carboxylic acids is 1. The maximum absolute atomic E-state index is 12.3. The SMILES string of the molecule is CN=C1S/C(=C/c2cc(C)n(C3CCCCC3)c2C)C(=O)N1C. The summed E-state index contributed by atoms with van der Waals surface area (Å²) in [6, 6.07) is 2.84. The van der Waals surface area contributed by atoms with Gasteiger partial charge in [-0.05, 0) is 56.2 Å². The third-order valence-electron chi connectivity index (χ3n) is 4.94. The van der Waals surface area contributed by atoms with E-state index in [1.165, 1.54) is 55.3 Å². The Morgan fingerprint density at radius 1 is 1.26 bits per heavy atom. The number of hydrogen-bond donors (Lipinski definition) is 0. The second kappa shape index (κ2) is 6.56. The molecule has 1 aromatic rings. The first-order valence-corrected chi connectivity index (χ1v) is 9.17. The van der Waals surface area contributed by atoms with Crippen LogP contribution >= 0.6 is 11.8 Å². The van der Waals surface area contributed by atoms with Gasteiger partial charge in [0.25, 0.3) is 5.91 Å². The minimum atomic E-state index is 0.0399. The van der Waals surface area contributed by atoms with Crippen molar-refractivity contribution < 1.29 is 4.79 Å². The standard InChI is InChI=1S/C18H25N3OS/c1-12-10-14(11-16-17(22)20(4)18(19-3)23-16)13(2)21(12)15-8-6-5-7-9-15/h10-11,15H,5-9H2,1-4H3/b16-11+,19-18?. The summed E-state index contributed by atoms with van der Waals surface area (Å²) in [7, 11) is 3.51. The Morgan fingerprint density at radius 3 is 2.57 bits per heavy atom. The first kappa shape index (κ1) is 16.4. The molecular formula is C18H25N3OS. The number of rotatable bonds is 2. The normalized spacial score (nSPS) is 23.5. The second-order valence-corrected chi connectivity index (χ2v) is 7.48. The zero-order chi connectivity index (χ0) is 16.6. The van der Waals surface area contributed by atoms with Crippen molar-refractivity contribution in [1.82, 2.24) is 9.47 Å². The van der Waals surface area contributed by atoms with E-state index in [0.29, 0.717) is 6.04 Å². The van der Waals surface area contributed by atoms with Crippen LogP contribution in [0.1, 0.15) is 55.1 Å². The van der Waals surface area contributed by atoms with Gasteiger partial charge in [0.2, 0.25) is 0 Å². The molecule has 5 heteroatoms. The van der Waals surface area contributed by atoms with E-state index >= 15 is 0 Å². The highest BCUT2D eigenvalue weighted by Crippen LogP contribution is 2.35. The van der Waals surface area contributed by atoms with Gasteiger partial charge in [-0.2, -0.15) is 0 Å². The van der Waals surface area contributed by atoms with Gasteiger partial charge in [-0.15, -0.1) is 0 Å². The lowest BCUT2D eigenvalue weighted by Crippen LogP contribution is -2.23. The summed E-state index contributed by atoms with van der Waals surface area (Å²) in [5.41, 5.74) is 3.74. The number of nitrogens with zero attached hydrogens (tertiary/aromatic N) is 3. The van der Waals surface area contributed by atoms with Gasteiger partial charge in [0, 0.05) is 31.5 Å². The Hall–Kier alpha value is -1.49. The average molecular weight is 331 g/mol. The van der Waals surface area contributed by atoms with Gasteiger partial charge in [0.15, 0.2) is 5.17 Å². The fourth-order valence-electron chi connectivity index (χ4n) is 3.74. The van der Waals surface area contributed by atoms with Gasteiger partial charge in [0.1, 0.15) is 0 Å². The minimum absolute atomic E-state index is 0.0399. The fraction of sp³-hybridized carbons (Fsp3) is 0.556. The van der Waals surface area contributed by atoms with Crippen LogP contribution in [0.25, 0.3) is 6.08 Å². The predicted octanol–water partition coefficient (Wildman–Crippen LogP) is 4.14. The Balaban J connectivity index is 1.93. The molecule has 124 valence electrons. The molecule has 3 rings (SSSR count). The Bertz CT molecular complexity index is 681. The Labute approximate surface area is 142 Å². The zero-order valence-electron chi connectivity index (χ0n) is 14.4. The summed E-state index contributed by atoms with van der Waals surface area (Å²) in [6.45, 7) is 4.36. The highest BCUT2D eigenvalue weighted by atomic mass is 32.2. The number of aryl methyl sites for hydroxylation is 1. The van der Waals surface area contributed by atoms with E-state index in [1.54, 1.807) is 19.0 Å². The Kier molecular flexibility index (Phi) is 4.67. The van der Waals surface area contributed by atoms with Crippen LogP contribution in [-0.4, -0.2) is 34.6 Å². The molecule has 2 heterocycles. The molecule has 1 saturated carbocycles. The summed E-state index contributed by atoms with van der Waals surface area (Å²) in [5, 5.41) is 0.766. The maximum Gasteiger partial charge on any atom is 0.266 e. The largest absolute Gasteiger partial charge is 0.346 e. The van der Waals surface area contributed by atoms with Crippen molar-refractivity contribution in [2.24, 2.45) is 4.99 Å². The van der Waals surface area contributed by atoms with Crippen LogP contribution in [-0.2, 0) is 4.79 Å². The highest BCUT2D eigenvalue weighted by Gasteiger charge is 2.30. The van der Waals surface area contributed by atoms with Gasteiger partial charge < -0.3 is 4.57 Å². The molecule has 0 N–H and O–H groups in total. The van der Waals surface area contributed by atoms with Crippen LogP contribution in [0.15, 0.2) is 16.0 Å². The van der Waals surface area contributed by atoms with E-state index in [2.05, 4.69) is 29.5 Å². The first-order chi connectivity index (χ1) is 11.0. The number of amides is 1. The highest BCUT2D eigenvalue weighted by molar-refractivity contribution is 8.18. The molecule has 1 aliphatic carbocycles. The van der Waals surface area contributed by atoms with Gasteiger partial charge >= 0.3 is 0 Å². The van der Waals surface area contributed by atoms with Crippen LogP contribution < -0.4 is 0 Å². The fourth-order valence-corrected chi connectivity index (χ4v) is 4.66. The molecule has 0 atom stereocenters. The maximum atomic E-state index is 12.3. The van der Waals surface area contributed by atoms with E-state index < -0.39 is 0 Å². The van der Waals surface area contributed by atoms with Crippen LogP contribution in [0.5, 0.6) is 0 Å². The summed E-state index contributed by atoms with van der Waals surface area (Å²) in [5.74, 6) is 0.0399. The number of thioether (sulfide) groups is 1. The quantitative estimate of drug-likeness (QED) is 0.764. The number of aliphatic imine (C=N–C) groups is 1. The van der Waals surface area contributed by atoms with Crippen molar-refractivity contribution >= 4 is 28.9 Å². The summed E-state index contributed by atoms with van der Waals surface area (Å²) in [6.07, 6.45) is 8.60. The molecule has 2 fully saturated rings. The predicted molar refractivity (Wildman–Crippen MR) is 97.7 cm³/mol. The summed E-state index contributed by atoms with van der Waals surface area (Å²) >= 11 is 1.46. The van der Waals surface area contributed by atoms with E-state index in [-0.39, 0.29) is 5.91 Å². The van der Waals surface area contributed by atoms with Crippen molar-refractivity contribution in [3.63, 3.8) is 0 Å². The zero-order valence-corrected chi connectivity index (χ0v) is 15.2. The molecule has 0 aromatic carbocycles. The lowest BCUT2D eigenvalue weighted by molar-refractivity contribution is -0.121. The average Bonchev–Trinajstić information content (AvgIpc) is 2.99. The van der Waals surface area contributed by atoms with Crippen molar-refractivity contribution in [3.8, 4) is 0 Å². The molecule has 0 radical (unpaired) electrons. The van der Waals surface area contributed by atoms with Gasteiger partial charge in [-0.25, -0.2) is 0 Å². The van der Waals surface area contributed by atoms with Crippen molar-refractivity contribution in [2.45, 2.75) is 52.0 Å². The molecule has 2 aliphatic rings. The molecule has 0 spiro atoms. The summed E-state index contributed by atoms with van der Waals surface area (Å²) < 4.78 is 2.48. The molecule has 1 aliphatic heterocycles. The molecule has 0 unspecified atom stereocenters. The minimum Gasteiger partial charge on any atom is -0.346 e. The molecule has 4 nitrogen and oxygen atoms in total. The van der Waals surface area contributed by atoms with Crippen LogP contribution in [0.2, 0.25) is 0 Å². The topological polar surface area (TPSA) is 37.6 Å². The molecule has 0 bridgehead atoms. The van der Waals surface area contributed by atoms with Gasteiger partial charge in [0.05, 0.1) is 4.91 Å². The number of hydrogen-bond acceptors (Lipinski definition) is 3. The second-order valence-electron chi connectivity index (χ2n) is 6.47. The van der Waals surface area contributed by atoms with Crippen molar-refractivity contribution in [2.75, 3.05) is 14.1 Å². The van der Waals surface area contributed by atoms with Gasteiger partial charge in [-0.3, -0.25) is 14.7 Å². The molecule has 23 heavy (non-hydrogen) atoms. The number of carbonyl (C=O) groups is 1. The number of likely N-dealkylation sites (N-methyl/N-ethyl adjacent to an activating group) is 1. The molecule has 1 saturated heterocycles. The lowest BCUT2D eigenvalue weighted by atomic mass is 9.95. The molecular weight excluding hydrogens is 306 g/mol. The van der Waals surface area contributed by atoms with Crippen molar-refractivity contribution in [1.29, 1.82) is 0 Å². The van der Waals surface area contributed by atoms with Crippen molar-refractivity contribution in [3.05, 3.63) is 27.9 Å². The molecule has 1 amide bonds. The van der Waals surface area contributed by atoms with Crippen LogP contribution in [0.4, 0.5) is 0 Å². The monoisotopic (exact) mass is 331 g/mol. The lowest BCUT2D eigenvalue weighted by Gasteiger charge is -2.26. The smallest absolute Gasteiger partial charge is 0.266 e. The van der Waals surface area contributed by atoms with E-state index in [1.807, 2.05) is 6.08 Å². The third kappa shape index (κ3) is 2.99. The Morgan fingerprint density at radius 2 is 1.96 bits per heavy atom.